The third kappa shape index (κ3) is 3.43. The molecule has 2 aromatic rings. The summed E-state index contributed by atoms with van der Waals surface area (Å²) in [5, 5.41) is 3.11. The number of hydrogen-bond acceptors (Lipinski definition) is 3. The van der Waals surface area contributed by atoms with Crippen LogP contribution < -0.4 is 11.0 Å². The highest BCUT2D eigenvalue weighted by Gasteiger charge is 2.44. The van der Waals surface area contributed by atoms with Gasteiger partial charge in [-0.3, -0.25) is 4.57 Å². The van der Waals surface area contributed by atoms with E-state index in [0.29, 0.717) is 18.5 Å². The first kappa shape index (κ1) is 17.5. The smallest absolute Gasteiger partial charge is 0.321 e. The fourth-order valence-electron chi connectivity index (χ4n) is 5.68. The van der Waals surface area contributed by atoms with Crippen molar-refractivity contribution >= 4 is 11.7 Å². The molecule has 6 rings (SSSR count). The molecule has 2 saturated carbocycles. The Kier molecular flexibility index (Phi) is 4.41. The summed E-state index contributed by atoms with van der Waals surface area (Å²) in [7, 11) is 0. The van der Waals surface area contributed by atoms with Crippen molar-refractivity contribution in [2.24, 2.45) is 17.8 Å². The summed E-state index contributed by atoms with van der Waals surface area (Å²) < 4.78 is 1.56. The molecule has 1 aromatic carbocycles. The fourth-order valence-corrected chi connectivity index (χ4v) is 5.68. The zero-order chi connectivity index (χ0) is 19.1. The van der Waals surface area contributed by atoms with Gasteiger partial charge >= 0.3 is 11.7 Å². The third-order valence-corrected chi connectivity index (χ3v) is 6.68. The highest BCUT2D eigenvalue weighted by atomic mass is 16.2. The second kappa shape index (κ2) is 7.08. The summed E-state index contributed by atoms with van der Waals surface area (Å²) in [6, 6.07) is 9.90. The van der Waals surface area contributed by atoms with Crippen molar-refractivity contribution < 1.29 is 4.79 Å². The highest BCUT2D eigenvalue weighted by molar-refractivity contribution is 5.89. The summed E-state index contributed by atoms with van der Waals surface area (Å²) in [4.78, 5) is 30.8. The van der Waals surface area contributed by atoms with Gasteiger partial charge in [-0.1, -0.05) is 12.1 Å². The number of amides is 2. The molecule has 0 radical (unpaired) electrons. The Morgan fingerprint density at radius 2 is 1.86 bits per heavy atom. The number of carbonyl (C=O) groups excluding carboxylic acids is 1. The van der Waals surface area contributed by atoms with Gasteiger partial charge in [0, 0.05) is 30.7 Å². The van der Waals surface area contributed by atoms with Gasteiger partial charge in [-0.2, -0.15) is 0 Å². The lowest BCUT2D eigenvalue weighted by Gasteiger charge is -2.38. The molecule has 4 bridgehead atoms. The molecule has 2 atom stereocenters. The third-order valence-electron chi connectivity index (χ3n) is 6.68. The molecular weight excluding hydrogens is 352 g/mol. The van der Waals surface area contributed by atoms with Crippen molar-refractivity contribution in [1.82, 2.24) is 14.5 Å². The Bertz CT molecular complexity index is 926. The van der Waals surface area contributed by atoms with Gasteiger partial charge in [0.1, 0.15) is 0 Å². The first-order chi connectivity index (χ1) is 13.6. The number of aromatic nitrogens is 2. The standard InChI is InChI=1S/C22H26N4O2/c27-21-23-5-2-6-25(21)13-15-3-1-4-19(10-15)24-22(28)26-14-18-8-16-7-17(9-18)12-20(26)11-16/h1-6,10,16-18,20H,7-9,11-14H2,(H,24,28). The van der Waals surface area contributed by atoms with E-state index in [1.165, 1.54) is 38.3 Å². The van der Waals surface area contributed by atoms with Crippen LogP contribution in [0, 0.1) is 17.8 Å². The van der Waals surface area contributed by atoms with E-state index < -0.39 is 0 Å². The van der Waals surface area contributed by atoms with Crippen LogP contribution >= 0.6 is 0 Å². The van der Waals surface area contributed by atoms with Crippen LogP contribution in [0.4, 0.5) is 10.5 Å². The number of anilines is 1. The number of nitrogens with zero attached hydrogens (tertiary/aromatic N) is 3. The average molecular weight is 378 g/mol. The molecule has 4 fully saturated rings. The molecule has 2 unspecified atom stereocenters. The molecule has 0 spiro atoms. The summed E-state index contributed by atoms with van der Waals surface area (Å²) in [5.41, 5.74) is 1.47. The van der Waals surface area contributed by atoms with Crippen molar-refractivity contribution in [3.05, 3.63) is 58.8 Å². The van der Waals surface area contributed by atoms with Gasteiger partial charge in [0.25, 0.3) is 0 Å². The normalized spacial score (nSPS) is 28.2. The molecule has 3 heterocycles. The summed E-state index contributed by atoms with van der Waals surface area (Å²) in [6.45, 7) is 1.34. The van der Waals surface area contributed by atoms with Gasteiger partial charge in [-0.05, 0) is 73.6 Å². The van der Waals surface area contributed by atoms with Crippen LogP contribution in [0.25, 0.3) is 0 Å². The average Bonchev–Trinajstić information content (AvgIpc) is 2.87. The molecule has 1 N–H and O–H groups in total. The zero-order valence-electron chi connectivity index (χ0n) is 16.0. The first-order valence-electron chi connectivity index (χ1n) is 10.3. The van der Waals surface area contributed by atoms with Gasteiger partial charge in [0.2, 0.25) is 0 Å². The lowest BCUT2D eigenvalue weighted by atomic mass is 9.68. The number of benzene rings is 1. The minimum absolute atomic E-state index is 0.0221. The maximum Gasteiger partial charge on any atom is 0.347 e. The molecule has 2 amide bonds. The molecule has 28 heavy (non-hydrogen) atoms. The predicted molar refractivity (Wildman–Crippen MR) is 107 cm³/mol. The Balaban J connectivity index is 1.30. The lowest BCUT2D eigenvalue weighted by molar-refractivity contribution is 0.136. The van der Waals surface area contributed by atoms with Crippen molar-refractivity contribution in [1.29, 1.82) is 0 Å². The SMILES string of the molecule is O=C(Nc1cccc(Cn2cccnc2=O)c1)N1CC2CC3CC(C2)CC1C3. The van der Waals surface area contributed by atoms with E-state index in [1.807, 2.05) is 24.3 Å². The van der Waals surface area contributed by atoms with E-state index in [4.69, 9.17) is 0 Å². The Morgan fingerprint density at radius 3 is 2.64 bits per heavy atom. The van der Waals surface area contributed by atoms with Gasteiger partial charge in [0.15, 0.2) is 0 Å². The fraction of sp³-hybridized carbons (Fsp3) is 0.500. The van der Waals surface area contributed by atoms with Crippen molar-refractivity contribution in [3.63, 3.8) is 0 Å². The van der Waals surface area contributed by atoms with Crippen LogP contribution in [0.2, 0.25) is 0 Å². The van der Waals surface area contributed by atoms with Crippen LogP contribution in [0.3, 0.4) is 0 Å². The lowest BCUT2D eigenvalue weighted by Crippen LogP contribution is -2.44. The zero-order valence-corrected chi connectivity index (χ0v) is 16.0. The van der Waals surface area contributed by atoms with E-state index in [9.17, 15) is 9.59 Å². The molecule has 4 aliphatic rings. The number of fused-ring (bicyclic) bond motifs is 1. The number of carbonyl (C=O) groups is 1. The van der Waals surface area contributed by atoms with Crippen molar-refractivity contribution in [2.45, 2.75) is 44.7 Å². The molecule has 146 valence electrons. The maximum atomic E-state index is 13.1. The monoisotopic (exact) mass is 378 g/mol. The second-order valence-corrected chi connectivity index (χ2v) is 8.74. The predicted octanol–water partition coefficient (Wildman–Crippen LogP) is 3.33. The minimum Gasteiger partial charge on any atom is -0.321 e. The van der Waals surface area contributed by atoms with Crippen LogP contribution in [-0.4, -0.2) is 33.1 Å². The van der Waals surface area contributed by atoms with Crippen LogP contribution in [0.1, 0.15) is 37.7 Å². The van der Waals surface area contributed by atoms with Crippen LogP contribution in [0.5, 0.6) is 0 Å². The molecule has 6 heteroatoms. The topological polar surface area (TPSA) is 67.2 Å². The number of nitrogens with one attached hydrogen (secondary N) is 1. The summed E-state index contributed by atoms with van der Waals surface area (Å²) >= 11 is 0. The van der Waals surface area contributed by atoms with Gasteiger partial charge < -0.3 is 10.2 Å². The minimum atomic E-state index is -0.271. The maximum absolute atomic E-state index is 13.1. The molecule has 6 nitrogen and oxygen atoms in total. The van der Waals surface area contributed by atoms with Crippen LogP contribution in [0.15, 0.2) is 47.5 Å². The number of rotatable bonds is 3. The Labute approximate surface area is 164 Å². The second-order valence-electron chi connectivity index (χ2n) is 8.74. The largest absolute Gasteiger partial charge is 0.347 e. The van der Waals surface area contributed by atoms with Gasteiger partial charge in [0.05, 0.1) is 6.54 Å². The van der Waals surface area contributed by atoms with Gasteiger partial charge in [-0.25, -0.2) is 14.6 Å². The number of hydrogen-bond donors (Lipinski definition) is 1. The van der Waals surface area contributed by atoms with Crippen molar-refractivity contribution in [3.8, 4) is 0 Å². The van der Waals surface area contributed by atoms with Crippen molar-refractivity contribution in [2.75, 3.05) is 11.9 Å². The van der Waals surface area contributed by atoms with E-state index in [0.717, 1.165) is 29.6 Å². The summed E-state index contributed by atoms with van der Waals surface area (Å²) in [5.74, 6) is 2.31. The molecular formula is C22H26N4O2. The Morgan fingerprint density at radius 1 is 1.07 bits per heavy atom. The van der Waals surface area contributed by atoms with Gasteiger partial charge in [-0.15, -0.1) is 0 Å². The number of urea groups is 1. The molecule has 2 aliphatic carbocycles. The van der Waals surface area contributed by atoms with E-state index in [2.05, 4.69) is 15.2 Å². The van der Waals surface area contributed by atoms with E-state index in [1.54, 1.807) is 16.8 Å². The summed E-state index contributed by atoms with van der Waals surface area (Å²) in [6.07, 6.45) is 9.53. The van der Waals surface area contributed by atoms with E-state index >= 15 is 0 Å². The Hall–Kier alpha value is -2.63. The molecule has 2 saturated heterocycles. The van der Waals surface area contributed by atoms with E-state index in [-0.39, 0.29) is 11.7 Å². The van der Waals surface area contributed by atoms with Crippen LogP contribution in [-0.2, 0) is 6.54 Å². The molecule has 2 aliphatic heterocycles. The first-order valence-corrected chi connectivity index (χ1v) is 10.3. The highest BCUT2D eigenvalue weighted by Crippen LogP contribution is 2.47. The molecule has 1 aromatic heterocycles. The quantitative estimate of drug-likeness (QED) is 0.891.